The Morgan fingerprint density at radius 2 is 1.64 bits per heavy atom. The summed E-state index contributed by atoms with van der Waals surface area (Å²) in [4.78, 5) is 0. The maximum absolute atomic E-state index is 8.53. The molecule has 2 nitrogen and oxygen atoms in total. The lowest BCUT2D eigenvalue weighted by Crippen LogP contribution is -1.94. The molecular weight excluding hydrogens is 138 g/mol. The molecule has 0 saturated carbocycles. The van der Waals surface area contributed by atoms with E-state index in [9.17, 15) is 0 Å². The van der Waals surface area contributed by atoms with Crippen molar-refractivity contribution in [3.05, 3.63) is 35.4 Å². The van der Waals surface area contributed by atoms with Gasteiger partial charge in [-0.3, -0.25) is 0 Å². The average molecular weight is 147 g/mol. The van der Waals surface area contributed by atoms with Crippen LogP contribution < -0.4 is 0 Å². The third-order valence-corrected chi connectivity index (χ3v) is 2.05. The highest BCUT2D eigenvalue weighted by Crippen LogP contribution is 2.18. The summed E-state index contributed by atoms with van der Waals surface area (Å²) in [5.41, 5.74) is 3.45. The lowest BCUT2D eigenvalue weighted by Gasteiger charge is -1.92. The van der Waals surface area contributed by atoms with Crippen molar-refractivity contribution >= 4 is 5.71 Å². The van der Waals surface area contributed by atoms with Crippen molar-refractivity contribution in [1.82, 2.24) is 0 Å². The van der Waals surface area contributed by atoms with Gasteiger partial charge in [0.15, 0.2) is 0 Å². The molecule has 1 aromatic carbocycles. The van der Waals surface area contributed by atoms with Crippen LogP contribution in [0.4, 0.5) is 0 Å². The van der Waals surface area contributed by atoms with Crippen molar-refractivity contribution in [3.8, 4) is 0 Å². The van der Waals surface area contributed by atoms with Crippen molar-refractivity contribution in [3.63, 3.8) is 0 Å². The molecular formula is C9H9NO. The topological polar surface area (TPSA) is 32.6 Å². The summed E-state index contributed by atoms with van der Waals surface area (Å²) in [6.45, 7) is 0. The minimum atomic E-state index is 0.812. The molecule has 0 aromatic heterocycles. The lowest BCUT2D eigenvalue weighted by molar-refractivity contribution is 0.317. The van der Waals surface area contributed by atoms with Crippen LogP contribution in [0.1, 0.15) is 11.1 Å². The SMILES string of the molecule is ON=C1Cc2ccccc2C1. The summed E-state index contributed by atoms with van der Waals surface area (Å²) in [6.07, 6.45) is 1.62. The number of hydrogen-bond donors (Lipinski definition) is 1. The number of fused-ring (bicyclic) bond motifs is 1. The van der Waals surface area contributed by atoms with Crippen molar-refractivity contribution in [2.24, 2.45) is 5.16 Å². The lowest BCUT2D eigenvalue weighted by atomic mass is 10.1. The Kier molecular flexibility index (Phi) is 1.39. The maximum Gasteiger partial charge on any atom is 0.0658 e. The van der Waals surface area contributed by atoms with E-state index in [0.717, 1.165) is 18.6 Å². The van der Waals surface area contributed by atoms with Gasteiger partial charge in [0.05, 0.1) is 5.71 Å². The molecule has 0 aliphatic heterocycles. The molecule has 0 spiro atoms. The average Bonchev–Trinajstić information content (AvgIpc) is 2.46. The first-order valence-electron chi connectivity index (χ1n) is 3.67. The molecule has 11 heavy (non-hydrogen) atoms. The predicted octanol–water partition coefficient (Wildman–Crippen LogP) is 1.62. The molecule has 0 saturated heterocycles. The molecule has 0 bridgehead atoms. The van der Waals surface area contributed by atoms with Crippen LogP contribution >= 0.6 is 0 Å². The Morgan fingerprint density at radius 3 is 2.09 bits per heavy atom. The van der Waals surface area contributed by atoms with Gasteiger partial charge >= 0.3 is 0 Å². The highest BCUT2D eigenvalue weighted by atomic mass is 16.4. The minimum Gasteiger partial charge on any atom is -0.411 e. The van der Waals surface area contributed by atoms with E-state index >= 15 is 0 Å². The normalized spacial score (nSPS) is 14.7. The van der Waals surface area contributed by atoms with Gasteiger partial charge in [0.1, 0.15) is 0 Å². The quantitative estimate of drug-likeness (QED) is 0.439. The fourth-order valence-corrected chi connectivity index (χ4v) is 1.48. The Bertz CT molecular complexity index is 277. The summed E-state index contributed by atoms with van der Waals surface area (Å²) in [5.74, 6) is 0. The zero-order chi connectivity index (χ0) is 7.68. The van der Waals surface area contributed by atoms with Gasteiger partial charge in [0.2, 0.25) is 0 Å². The molecule has 1 aliphatic rings. The van der Waals surface area contributed by atoms with E-state index < -0.39 is 0 Å². The summed E-state index contributed by atoms with van der Waals surface area (Å²) in [7, 11) is 0. The van der Waals surface area contributed by atoms with Crippen LogP contribution in [0.2, 0.25) is 0 Å². The van der Waals surface area contributed by atoms with Crippen molar-refractivity contribution in [2.75, 3.05) is 0 Å². The number of rotatable bonds is 0. The zero-order valence-corrected chi connectivity index (χ0v) is 6.12. The molecule has 0 amide bonds. The summed E-state index contributed by atoms with van der Waals surface area (Å²) in [5, 5.41) is 11.7. The molecule has 0 radical (unpaired) electrons. The van der Waals surface area contributed by atoms with Gasteiger partial charge < -0.3 is 5.21 Å². The van der Waals surface area contributed by atoms with Crippen LogP contribution in [0.3, 0.4) is 0 Å². The second-order valence-electron chi connectivity index (χ2n) is 2.79. The van der Waals surface area contributed by atoms with Gasteiger partial charge in [-0.25, -0.2) is 0 Å². The molecule has 1 N–H and O–H groups in total. The molecule has 1 aliphatic carbocycles. The molecule has 0 unspecified atom stereocenters. The van der Waals surface area contributed by atoms with E-state index in [-0.39, 0.29) is 0 Å². The Balaban J connectivity index is 2.41. The van der Waals surface area contributed by atoms with Gasteiger partial charge in [-0.15, -0.1) is 0 Å². The van der Waals surface area contributed by atoms with E-state index in [1.54, 1.807) is 0 Å². The summed E-state index contributed by atoms with van der Waals surface area (Å²) in [6, 6.07) is 8.18. The van der Waals surface area contributed by atoms with Crippen LogP contribution in [-0.4, -0.2) is 10.9 Å². The Hall–Kier alpha value is -1.31. The first kappa shape index (κ1) is 6.40. The second kappa shape index (κ2) is 2.38. The fourth-order valence-electron chi connectivity index (χ4n) is 1.48. The van der Waals surface area contributed by atoms with Crippen molar-refractivity contribution in [1.29, 1.82) is 0 Å². The van der Waals surface area contributed by atoms with Crippen LogP contribution in [0, 0.1) is 0 Å². The predicted molar refractivity (Wildman–Crippen MR) is 43.1 cm³/mol. The zero-order valence-electron chi connectivity index (χ0n) is 6.12. The molecule has 56 valence electrons. The van der Waals surface area contributed by atoms with Gasteiger partial charge in [0, 0.05) is 12.8 Å². The van der Waals surface area contributed by atoms with Crippen molar-refractivity contribution in [2.45, 2.75) is 12.8 Å². The van der Waals surface area contributed by atoms with Crippen molar-refractivity contribution < 1.29 is 5.21 Å². The molecule has 2 rings (SSSR count). The van der Waals surface area contributed by atoms with Gasteiger partial charge in [-0.05, 0) is 11.1 Å². The molecule has 2 heteroatoms. The monoisotopic (exact) mass is 147 g/mol. The van der Waals surface area contributed by atoms with Crippen LogP contribution in [0.15, 0.2) is 29.4 Å². The summed E-state index contributed by atoms with van der Waals surface area (Å²) < 4.78 is 0. The first-order chi connectivity index (χ1) is 5.40. The Labute approximate surface area is 65.2 Å². The highest BCUT2D eigenvalue weighted by molar-refractivity contribution is 5.92. The third-order valence-electron chi connectivity index (χ3n) is 2.05. The number of oxime groups is 1. The summed E-state index contributed by atoms with van der Waals surface area (Å²) >= 11 is 0. The second-order valence-corrected chi connectivity index (χ2v) is 2.79. The number of benzene rings is 1. The largest absolute Gasteiger partial charge is 0.411 e. The van der Waals surface area contributed by atoms with Crippen LogP contribution in [0.5, 0.6) is 0 Å². The van der Waals surface area contributed by atoms with Gasteiger partial charge in [-0.2, -0.15) is 0 Å². The van der Waals surface area contributed by atoms with E-state index in [0.29, 0.717) is 0 Å². The van der Waals surface area contributed by atoms with E-state index in [1.165, 1.54) is 11.1 Å². The molecule has 1 aromatic rings. The molecule has 0 heterocycles. The standard InChI is InChI=1S/C9H9NO/c11-10-9-5-7-3-1-2-4-8(7)6-9/h1-4,11H,5-6H2. The highest BCUT2D eigenvalue weighted by Gasteiger charge is 2.15. The van der Waals surface area contributed by atoms with Crippen LogP contribution in [-0.2, 0) is 12.8 Å². The molecule has 0 fully saturated rings. The van der Waals surface area contributed by atoms with E-state index in [1.807, 2.05) is 12.1 Å². The fraction of sp³-hybridized carbons (Fsp3) is 0.222. The van der Waals surface area contributed by atoms with Crippen LogP contribution in [0.25, 0.3) is 0 Å². The number of nitrogens with zero attached hydrogens (tertiary/aromatic N) is 1. The number of hydrogen-bond acceptors (Lipinski definition) is 2. The molecule has 0 atom stereocenters. The Morgan fingerprint density at radius 1 is 1.09 bits per heavy atom. The smallest absolute Gasteiger partial charge is 0.0658 e. The first-order valence-corrected chi connectivity index (χ1v) is 3.67. The van der Waals surface area contributed by atoms with Gasteiger partial charge in [-0.1, -0.05) is 29.4 Å². The van der Waals surface area contributed by atoms with E-state index in [4.69, 9.17) is 5.21 Å². The third kappa shape index (κ3) is 1.00. The van der Waals surface area contributed by atoms with Gasteiger partial charge in [0.25, 0.3) is 0 Å². The minimum absolute atomic E-state index is 0.812. The maximum atomic E-state index is 8.53. The van der Waals surface area contributed by atoms with E-state index in [2.05, 4.69) is 17.3 Å².